The number of likely N-dealkylation sites (N-methyl/N-ethyl adjacent to an activating group) is 1. The van der Waals surface area contributed by atoms with Crippen LogP contribution in [-0.4, -0.2) is 99.2 Å². The third kappa shape index (κ3) is 4.30. The summed E-state index contributed by atoms with van der Waals surface area (Å²) >= 11 is 0. The van der Waals surface area contributed by atoms with Crippen LogP contribution in [0.25, 0.3) is 0 Å². The molecule has 172 valence electrons. The lowest BCUT2D eigenvalue weighted by Crippen LogP contribution is -2.57. The molecule has 4 heterocycles. The van der Waals surface area contributed by atoms with Gasteiger partial charge in [0.15, 0.2) is 0 Å². The third-order valence-electron chi connectivity index (χ3n) is 8.10. The van der Waals surface area contributed by atoms with Gasteiger partial charge in [-0.25, -0.2) is 23.2 Å². The van der Waals surface area contributed by atoms with Crippen molar-refractivity contribution in [3.05, 3.63) is 0 Å². The van der Waals surface area contributed by atoms with Crippen LogP contribution in [-0.2, 0) is 10.0 Å². The number of likely N-dealkylation sites (tertiary alicyclic amines) is 1. The lowest BCUT2D eigenvalue weighted by molar-refractivity contribution is 0.0716. The first-order valence-electron chi connectivity index (χ1n) is 12.0. The van der Waals surface area contributed by atoms with Crippen molar-refractivity contribution in [2.75, 3.05) is 46.3 Å². The average Bonchev–Trinajstić information content (AvgIpc) is 3.50. The van der Waals surface area contributed by atoms with Crippen molar-refractivity contribution in [1.82, 2.24) is 35.8 Å². The predicted octanol–water partition coefficient (Wildman–Crippen LogP) is -0.744. The Labute approximate surface area is 181 Å². The van der Waals surface area contributed by atoms with E-state index in [4.69, 9.17) is 0 Å². The van der Waals surface area contributed by atoms with Gasteiger partial charge in [-0.1, -0.05) is 6.42 Å². The number of fused-ring (bicyclic) bond motifs is 1. The van der Waals surface area contributed by atoms with Crippen molar-refractivity contribution in [2.24, 2.45) is 5.92 Å². The first-order chi connectivity index (χ1) is 14.5. The van der Waals surface area contributed by atoms with Crippen molar-refractivity contribution in [3.63, 3.8) is 0 Å². The molecule has 0 amide bonds. The fourth-order valence-corrected chi connectivity index (χ4v) is 7.97. The van der Waals surface area contributed by atoms with E-state index < -0.39 is 15.3 Å². The van der Waals surface area contributed by atoms with Gasteiger partial charge in [0.2, 0.25) is 10.0 Å². The molecule has 9 nitrogen and oxygen atoms in total. The van der Waals surface area contributed by atoms with Gasteiger partial charge in [0.1, 0.15) is 5.25 Å². The molecule has 30 heavy (non-hydrogen) atoms. The molecule has 4 N–H and O–H groups in total. The lowest BCUT2D eigenvalue weighted by atomic mass is 9.82. The summed E-state index contributed by atoms with van der Waals surface area (Å²) in [5, 5.41) is 7.49. The number of hydrazine groups is 2. The van der Waals surface area contributed by atoms with Crippen LogP contribution in [0.15, 0.2) is 0 Å². The Morgan fingerprint density at radius 3 is 2.67 bits per heavy atom. The number of rotatable bonds is 5. The van der Waals surface area contributed by atoms with E-state index in [1.54, 1.807) is 0 Å². The van der Waals surface area contributed by atoms with Gasteiger partial charge in [0.05, 0.1) is 6.17 Å². The Hall–Kier alpha value is -0.330. The summed E-state index contributed by atoms with van der Waals surface area (Å²) in [5.41, 5.74) is 6.79. The quantitative estimate of drug-likeness (QED) is 0.443. The molecule has 0 aromatic heterocycles. The number of hydrogen-bond donors (Lipinski definition) is 4. The molecule has 6 unspecified atom stereocenters. The summed E-state index contributed by atoms with van der Waals surface area (Å²) < 4.78 is 29.6. The maximum atomic E-state index is 13.3. The molecule has 1 aliphatic carbocycles. The van der Waals surface area contributed by atoms with Crippen LogP contribution in [0.4, 0.5) is 0 Å². The van der Waals surface area contributed by atoms with E-state index in [2.05, 4.69) is 35.8 Å². The van der Waals surface area contributed by atoms with Crippen molar-refractivity contribution >= 4 is 10.0 Å². The second kappa shape index (κ2) is 8.90. The maximum Gasteiger partial charge on any atom is 0.217 e. The summed E-state index contributed by atoms with van der Waals surface area (Å²) in [4.78, 5) is 2.63. The molecule has 4 aliphatic heterocycles. The fraction of sp³-hybridized carbons (Fsp3) is 1.00. The van der Waals surface area contributed by atoms with Crippen LogP contribution in [0.5, 0.6) is 0 Å². The van der Waals surface area contributed by atoms with E-state index in [1.165, 1.54) is 38.8 Å². The average molecular weight is 442 g/mol. The Morgan fingerprint density at radius 2 is 1.83 bits per heavy atom. The molecular weight excluding hydrogens is 402 g/mol. The Bertz CT molecular complexity index is 699. The van der Waals surface area contributed by atoms with Gasteiger partial charge >= 0.3 is 0 Å². The van der Waals surface area contributed by atoms with E-state index in [0.29, 0.717) is 25.0 Å². The van der Waals surface area contributed by atoms with Crippen LogP contribution >= 0.6 is 0 Å². The highest BCUT2D eigenvalue weighted by atomic mass is 32.2. The SMILES string of the molecule is CN1NCC2CCCC(NS(=O)(=O)C3CNN(C4CC(N5CCCC5)CCN4)C3)C21. The second-order valence-electron chi connectivity index (χ2n) is 9.95. The molecule has 4 saturated heterocycles. The maximum absolute atomic E-state index is 13.3. The van der Waals surface area contributed by atoms with E-state index in [9.17, 15) is 8.42 Å². The molecule has 5 fully saturated rings. The summed E-state index contributed by atoms with van der Waals surface area (Å²) in [6, 6.07) is 0.897. The zero-order valence-electron chi connectivity index (χ0n) is 18.2. The van der Waals surface area contributed by atoms with Gasteiger partial charge < -0.3 is 10.2 Å². The topological polar surface area (TPSA) is 92.0 Å². The van der Waals surface area contributed by atoms with Gasteiger partial charge in [0.25, 0.3) is 0 Å². The number of nitrogens with zero attached hydrogens (tertiary/aromatic N) is 3. The van der Waals surface area contributed by atoms with Gasteiger partial charge in [-0.05, 0) is 64.1 Å². The highest BCUT2D eigenvalue weighted by molar-refractivity contribution is 7.90. The Kier molecular flexibility index (Phi) is 6.38. The van der Waals surface area contributed by atoms with E-state index >= 15 is 0 Å². The minimum absolute atomic E-state index is 0.00940. The standard InChI is InChI=1S/C20H39N7O2S/c1-25-20-15(12-22-25)5-4-6-18(20)24-30(28,29)17-13-23-27(14-17)19-11-16(7-8-21-19)26-9-2-3-10-26/h15-24H,2-14H2,1H3. The van der Waals surface area contributed by atoms with Gasteiger partial charge in [-0.3, -0.25) is 10.9 Å². The molecule has 0 bridgehead atoms. The summed E-state index contributed by atoms with van der Waals surface area (Å²) in [6.45, 7) is 5.45. The summed E-state index contributed by atoms with van der Waals surface area (Å²) in [6.07, 6.45) is 8.32. The van der Waals surface area contributed by atoms with Gasteiger partial charge in [-0.15, -0.1) is 0 Å². The van der Waals surface area contributed by atoms with E-state index in [0.717, 1.165) is 32.4 Å². The molecular formula is C20H39N7O2S. The van der Waals surface area contributed by atoms with Crippen molar-refractivity contribution in [1.29, 1.82) is 0 Å². The van der Waals surface area contributed by atoms with Gasteiger partial charge in [0, 0.05) is 44.8 Å². The first kappa shape index (κ1) is 21.5. The monoisotopic (exact) mass is 441 g/mol. The first-order valence-corrected chi connectivity index (χ1v) is 13.5. The van der Waals surface area contributed by atoms with Crippen LogP contribution in [0, 0.1) is 5.92 Å². The zero-order valence-corrected chi connectivity index (χ0v) is 19.0. The molecule has 0 spiro atoms. The van der Waals surface area contributed by atoms with Crippen LogP contribution in [0.1, 0.15) is 44.9 Å². The van der Waals surface area contributed by atoms with Crippen LogP contribution in [0.2, 0.25) is 0 Å². The Morgan fingerprint density at radius 1 is 1.00 bits per heavy atom. The normalized spacial score (nSPS) is 42.0. The third-order valence-corrected chi connectivity index (χ3v) is 9.92. The molecule has 6 atom stereocenters. The smallest absolute Gasteiger partial charge is 0.217 e. The Balaban J connectivity index is 1.18. The fourth-order valence-electron chi connectivity index (χ4n) is 6.45. The van der Waals surface area contributed by atoms with Crippen molar-refractivity contribution < 1.29 is 8.42 Å². The number of sulfonamides is 1. The lowest BCUT2D eigenvalue weighted by Gasteiger charge is -2.39. The molecule has 0 aromatic rings. The number of nitrogens with one attached hydrogen (secondary N) is 4. The molecule has 10 heteroatoms. The number of hydrogen-bond acceptors (Lipinski definition) is 8. The summed E-state index contributed by atoms with van der Waals surface area (Å²) in [7, 11) is -1.33. The van der Waals surface area contributed by atoms with Crippen LogP contribution in [0.3, 0.4) is 0 Å². The van der Waals surface area contributed by atoms with Crippen LogP contribution < -0.4 is 20.9 Å². The van der Waals surface area contributed by atoms with Gasteiger partial charge in [-0.2, -0.15) is 0 Å². The molecule has 0 radical (unpaired) electrons. The minimum atomic E-state index is -3.37. The highest BCUT2D eigenvalue weighted by Gasteiger charge is 2.44. The molecule has 0 aromatic carbocycles. The van der Waals surface area contributed by atoms with E-state index in [-0.39, 0.29) is 18.2 Å². The van der Waals surface area contributed by atoms with Crippen molar-refractivity contribution in [2.45, 2.75) is 74.5 Å². The largest absolute Gasteiger partial charge is 0.301 e. The summed E-state index contributed by atoms with van der Waals surface area (Å²) in [5.74, 6) is 0.545. The van der Waals surface area contributed by atoms with Crippen molar-refractivity contribution in [3.8, 4) is 0 Å². The molecule has 1 saturated carbocycles. The predicted molar refractivity (Wildman–Crippen MR) is 117 cm³/mol. The second-order valence-corrected chi connectivity index (χ2v) is 11.9. The molecule has 5 aliphatic rings. The van der Waals surface area contributed by atoms with E-state index in [1.807, 2.05) is 7.05 Å². The number of piperidine rings is 1. The minimum Gasteiger partial charge on any atom is -0.301 e. The molecule has 5 rings (SSSR count). The zero-order chi connectivity index (χ0) is 20.7. The highest BCUT2D eigenvalue weighted by Crippen LogP contribution is 2.31.